The van der Waals surface area contributed by atoms with Gasteiger partial charge in [-0.1, -0.05) is 29.8 Å². The van der Waals surface area contributed by atoms with Gasteiger partial charge in [-0.3, -0.25) is 29.1 Å². The van der Waals surface area contributed by atoms with Gasteiger partial charge in [-0.25, -0.2) is 4.39 Å². The molecule has 261 valence electrons. The highest BCUT2D eigenvalue weighted by molar-refractivity contribution is 6.34. The Hall–Kier alpha value is -3.19. The first-order chi connectivity index (χ1) is 23.8. The van der Waals surface area contributed by atoms with Gasteiger partial charge in [0.1, 0.15) is 17.7 Å². The molecular weight excluding hydrogens is 651 g/mol. The van der Waals surface area contributed by atoms with E-state index in [1.54, 1.807) is 18.2 Å². The number of anilines is 1. The zero-order valence-electron chi connectivity index (χ0n) is 27.6. The molecule has 4 fully saturated rings. The molecule has 1 aromatic heterocycles. The van der Waals surface area contributed by atoms with Gasteiger partial charge in [0.15, 0.2) is 5.78 Å². The van der Waals surface area contributed by atoms with E-state index in [1.165, 1.54) is 18.4 Å². The van der Waals surface area contributed by atoms with E-state index >= 15 is 4.39 Å². The minimum Gasteiger partial charge on any atom is -0.463 e. The molecule has 1 N–H and O–H groups in total. The zero-order valence-corrected chi connectivity index (χ0v) is 28.4. The molecule has 1 radical (unpaired) electrons. The van der Waals surface area contributed by atoms with Gasteiger partial charge in [0.05, 0.1) is 35.6 Å². The largest absolute Gasteiger partial charge is 0.463 e. The molecule has 0 spiro atoms. The summed E-state index contributed by atoms with van der Waals surface area (Å²) in [5.41, 5.74) is 1.11. The number of morpholine rings is 1. The van der Waals surface area contributed by atoms with Crippen LogP contribution in [0.1, 0.15) is 54.4 Å². The molecule has 3 aromatic rings. The number of carbonyl (C=O) groups excluding carboxylic acids is 3. The van der Waals surface area contributed by atoms with E-state index in [2.05, 4.69) is 26.3 Å². The van der Waals surface area contributed by atoms with Crippen LogP contribution >= 0.6 is 11.6 Å². The van der Waals surface area contributed by atoms with Crippen LogP contribution in [0.5, 0.6) is 0 Å². The summed E-state index contributed by atoms with van der Waals surface area (Å²) in [6.07, 6.45) is 7.60. The van der Waals surface area contributed by atoms with Crippen LogP contribution in [0.3, 0.4) is 0 Å². The third-order valence-electron chi connectivity index (χ3n) is 10.5. The van der Waals surface area contributed by atoms with Crippen molar-refractivity contribution in [1.82, 2.24) is 14.7 Å². The van der Waals surface area contributed by atoms with Gasteiger partial charge in [-0.05, 0) is 68.2 Å². The fraction of sp³-hybridized carbons (Fsp3) is 0.541. The zero-order chi connectivity index (χ0) is 34.0. The van der Waals surface area contributed by atoms with Gasteiger partial charge in [-0.15, -0.1) is 0 Å². The van der Waals surface area contributed by atoms with E-state index in [0.717, 1.165) is 45.7 Å². The molecule has 1 saturated carbocycles. The average molecular weight is 694 g/mol. The van der Waals surface area contributed by atoms with Crippen LogP contribution in [0.2, 0.25) is 5.02 Å². The van der Waals surface area contributed by atoms with Crippen LogP contribution in [0, 0.1) is 17.7 Å². The van der Waals surface area contributed by atoms with Gasteiger partial charge in [0, 0.05) is 63.5 Å². The van der Waals surface area contributed by atoms with Gasteiger partial charge < -0.3 is 19.2 Å². The lowest BCUT2D eigenvalue weighted by molar-refractivity contribution is -0.276. The number of benzene rings is 2. The second-order valence-electron chi connectivity index (χ2n) is 13.8. The molecule has 1 amide bonds. The number of halogens is 2. The number of hydrogen-bond acceptors (Lipinski definition) is 9. The van der Waals surface area contributed by atoms with Crippen LogP contribution in [0.25, 0.3) is 11.0 Å². The van der Waals surface area contributed by atoms with E-state index in [1.807, 2.05) is 6.07 Å². The summed E-state index contributed by atoms with van der Waals surface area (Å²) < 4.78 is 33.9. The molecule has 1 aliphatic carbocycles. The highest BCUT2D eigenvalue weighted by atomic mass is 35.5. The SMILES string of the molecule is O=[C][C@H]1CC[C@H](OC(C(=O)Cc2cc(Cl)c(NC(=O)c3coc4ccccc34)cc2F)(N2CCCC2)N2CC(CN3CCOCC3)C2)CC1. The van der Waals surface area contributed by atoms with E-state index in [-0.39, 0.29) is 40.5 Å². The standard InChI is InChI=1S/C37H43ClFN4O6/c38-31-17-27(32(39)19-33(31)40-36(46)30-24-48-34-6-2-1-5-29(30)34)18-35(45)37(42-11-3-4-12-42,49-28-9-7-25(23-44)8-10-28)43-21-26(22-43)20-41-13-15-47-16-14-41/h1-2,5-6,17,19,24-26,28H,3-4,7-16,18,20-22H2,(H,40,46)/t25-,28-,37?. The van der Waals surface area contributed by atoms with E-state index < -0.39 is 17.6 Å². The summed E-state index contributed by atoms with van der Waals surface area (Å²) in [5.74, 6) is -2.45. The van der Waals surface area contributed by atoms with Crippen molar-refractivity contribution in [1.29, 1.82) is 0 Å². The molecule has 1 unspecified atom stereocenters. The predicted octanol–water partition coefficient (Wildman–Crippen LogP) is 5.29. The number of carbonyl (C=O) groups is 2. The Morgan fingerprint density at radius 2 is 1.76 bits per heavy atom. The summed E-state index contributed by atoms with van der Waals surface area (Å²) >= 11 is 6.63. The van der Waals surface area contributed by atoms with Crippen molar-refractivity contribution in [2.75, 3.05) is 64.3 Å². The van der Waals surface area contributed by atoms with Crippen molar-refractivity contribution in [2.45, 2.75) is 56.9 Å². The summed E-state index contributed by atoms with van der Waals surface area (Å²) in [4.78, 5) is 46.0. The topological polar surface area (TPSA) is 105 Å². The first-order valence-electron chi connectivity index (χ1n) is 17.5. The number of para-hydroxylation sites is 1. The van der Waals surface area contributed by atoms with Gasteiger partial charge in [0.25, 0.3) is 5.91 Å². The number of amides is 1. The number of ketones is 1. The van der Waals surface area contributed by atoms with Crippen molar-refractivity contribution < 1.29 is 32.7 Å². The molecular formula is C37H43ClFN4O6. The number of hydrogen-bond donors (Lipinski definition) is 1. The number of ether oxygens (including phenoxy) is 2. The number of furan rings is 1. The third-order valence-corrected chi connectivity index (χ3v) is 10.8. The second kappa shape index (κ2) is 15.0. The minimum atomic E-state index is -1.35. The highest BCUT2D eigenvalue weighted by Gasteiger charge is 2.56. The Morgan fingerprint density at radius 3 is 2.49 bits per heavy atom. The molecule has 2 aromatic carbocycles. The average Bonchev–Trinajstić information content (AvgIpc) is 3.80. The molecule has 4 heterocycles. The maximum absolute atomic E-state index is 15.9. The maximum atomic E-state index is 15.9. The fourth-order valence-corrected chi connectivity index (χ4v) is 8.08. The minimum absolute atomic E-state index is 0.102. The van der Waals surface area contributed by atoms with Crippen molar-refractivity contribution >= 4 is 46.2 Å². The Kier molecular flexibility index (Phi) is 10.5. The summed E-state index contributed by atoms with van der Waals surface area (Å²) in [6.45, 7) is 6.96. The summed E-state index contributed by atoms with van der Waals surface area (Å²) in [5, 5.41) is 3.46. The van der Waals surface area contributed by atoms with E-state index in [9.17, 15) is 14.4 Å². The molecule has 3 saturated heterocycles. The van der Waals surface area contributed by atoms with Crippen molar-refractivity contribution in [3.8, 4) is 0 Å². The first-order valence-corrected chi connectivity index (χ1v) is 17.9. The normalized spacial score (nSPS) is 24.0. The van der Waals surface area contributed by atoms with E-state index in [0.29, 0.717) is 74.3 Å². The van der Waals surface area contributed by atoms with Gasteiger partial charge in [0.2, 0.25) is 12.1 Å². The van der Waals surface area contributed by atoms with Gasteiger partial charge in [-0.2, -0.15) is 0 Å². The van der Waals surface area contributed by atoms with Crippen molar-refractivity contribution in [2.24, 2.45) is 11.8 Å². The number of Topliss-reactive ketones (excluding diaryl/α,β-unsaturated/α-hetero) is 1. The molecule has 49 heavy (non-hydrogen) atoms. The quantitative estimate of drug-likeness (QED) is 0.271. The molecule has 7 rings (SSSR count). The molecule has 1 atom stereocenters. The lowest BCUT2D eigenvalue weighted by atomic mass is 9.88. The van der Waals surface area contributed by atoms with Crippen LogP contribution in [0.4, 0.5) is 10.1 Å². The Balaban J connectivity index is 1.12. The molecule has 4 aliphatic rings. The molecule has 0 bridgehead atoms. The van der Waals surface area contributed by atoms with Crippen LogP contribution < -0.4 is 5.32 Å². The fourth-order valence-electron chi connectivity index (χ4n) is 7.85. The third kappa shape index (κ3) is 7.20. The first kappa shape index (κ1) is 34.3. The van der Waals surface area contributed by atoms with Crippen LogP contribution in [-0.4, -0.2) is 104 Å². The highest BCUT2D eigenvalue weighted by Crippen LogP contribution is 2.39. The summed E-state index contributed by atoms with van der Waals surface area (Å²) in [6, 6.07) is 9.74. The van der Waals surface area contributed by atoms with Gasteiger partial charge >= 0.3 is 0 Å². The number of fused-ring (bicyclic) bond motifs is 1. The van der Waals surface area contributed by atoms with Crippen molar-refractivity contribution in [3.05, 3.63) is 64.6 Å². The Labute approximate surface area is 290 Å². The molecule has 12 heteroatoms. The van der Waals surface area contributed by atoms with Crippen molar-refractivity contribution in [3.63, 3.8) is 0 Å². The monoisotopic (exact) mass is 693 g/mol. The molecule has 10 nitrogen and oxygen atoms in total. The second-order valence-corrected chi connectivity index (χ2v) is 14.2. The van der Waals surface area contributed by atoms with E-state index in [4.69, 9.17) is 25.5 Å². The Bertz CT molecular complexity index is 1660. The lowest BCUT2D eigenvalue weighted by Gasteiger charge is -2.56. The van der Waals surface area contributed by atoms with Crippen LogP contribution in [0.15, 0.2) is 47.1 Å². The lowest BCUT2D eigenvalue weighted by Crippen LogP contribution is -2.73. The smallest absolute Gasteiger partial charge is 0.259 e. The number of nitrogens with zero attached hydrogens (tertiary/aromatic N) is 3. The summed E-state index contributed by atoms with van der Waals surface area (Å²) in [7, 11) is 0. The maximum Gasteiger partial charge on any atom is 0.259 e. The van der Waals surface area contributed by atoms with Crippen LogP contribution in [-0.2, 0) is 25.5 Å². The number of likely N-dealkylation sites (tertiary alicyclic amines) is 2. The number of rotatable bonds is 12. The number of nitrogens with one attached hydrogen (secondary N) is 1. The predicted molar refractivity (Wildman–Crippen MR) is 183 cm³/mol. The molecule has 3 aliphatic heterocycles. The Morgan fingerprint density at radius 1 is 1.02 bits per heavy atom.